The molecule has 2 aromatic rings. The summed E-state index contributed by atoms with van der Waals surface area (Å²) in [5, 5.41) is 2.57. The molecule has 1 aliphatic heterocycles. The van der Waals surface area contributed by atoms with E-state index in [2.05, 4.69) is 61.2 Å². The van der Waals surface area contributed by atoms with Gasteiger partial charge in [0.15, 0.2) is 0 Å². The number of hydrogen-bond acceptors (Lipinski definition) is 2. The van der Waals surface area contributed by atoms with Crippen molar-refractivity contribution in [1.82, 2.24) is 4.90 Å². The van der Waals surface area contributed by atoms with Gasteiger partial charge in [-0.05, 0) is 47.2 Å². The van der Waals surface area contributed by atoms with Crippen LogP contribution in [0, 0.1) is 11.8 Å². The van der Waals surface area contributed by atoms with Crippen LogP contribution in [-0.2, 0) is 0 Å². The Morgan fingerprint density at radius 1 is 1.10 bits per heavy atom. The molecule has 2 N–H and O–H groups in total. The van der Waals surface area contributed by atoms with Gasteiger partial charge in [0, 0.05) is 19.1 Å². The molecular weight excluding hydrogens is 256 g/mol. The smallest absolute Gasteiger partial charge is 0.0424 e. The van der Waals surface area contributed by atoms with Crippen LogP contribution in [0.1, 0.15) is 31.9 Å². The standard InChI is InChI=1S/C19H26N2/c1-14-9-10-21(12-15(14)2)13-19(20)18-8-7-16-5-3-4-6-17(16)11-18/h3-8,11,14-15,19H,9-10,12-13,20H2,1-2H3. The lowest BCUT2D eigenvalue weighted by atomic mass is 9.88. The lowest BCUT2D eigenvalue weighted by molar-refractivity contribution is 0.132. The Bertz CT molecular complexity index is 607. The van der Waals surface area contributed by atoms with Crippen molar-refractivity contribution in [2.45, 2.75) is 26.3 Å². The van der Waals surface area contributed by atoms with E-state index in [-0.39, 0.29) is 6.04 Å². The summed E-state index contributed by atoms with van der Waals surface area (Å²) < 4.78 is 0. The normalized spacial score (nSPS) is 25.1. The van der Waals surface area contributed by atoms with Gasteiger partial charge in [-0.2, -0.15) is 0 Å². The van der Waals surface area contributed by atoms with Gasteiger partial charge in [-0.3, -0.25) is 0 Å². The van der Waals surface area contributed by atoms with E-state index in [0.717, 1.165) is 18.4 Å². The summed E-state index contributed by atoms with van der Waals surface area (Å²) in [4.78, 5) is 2.53. The molecule has 0 spiro atoms. The molecule has 3 atom stereocenters. The molecule has 0 aromatic heterocycles. The summed E-state index contributed by atoms with van der Waals surface area (Å²) in [5.74, 6) is 1.63. The van der Waals surface area contributed by atoms with Crippen molar-refractivity contribution in [2.24, 2.45) is 17.6 Å². The molecule has 21 heavy (non-hydrogen) atoms. The number of nitrogens with zero attached hydrogens (tertiary/aromatic N) is 1. The van der Waals surface area contributed by atoms with Gasteiger partial charge >= 0.3 is 0 Å². The summed E-state index contributed by atoms with van der Waals surface area (Å²) in [5.41, 5.74) is 7.71. The first kappa shape index (κ1) is 14.6. The maximum absolute atomic E-state index is 6.46. The molecule has 3 unspecified atom stereocenters. The Balaban J connectivity index is 1.70. The van der Waals surface area contributed by atoms with E-state index >= 15 is 0 Å². The van der Waals surface area contributed by atoms with E-state index in [4.69, 9.17) is 5.73 Å². The first-order chi connectivity index (χ1) is 10.1. The van der Waals surface area contributed by atoms with Crippen LogP contribution in [0.2, 0.25) is 0 Å². The molecule has 2 nitrogen and oxygen atoms in total. The van der Waals surface area contributed by atoms with E-state index in [1.165, 1.54) is 35.8 Å². The van der Waals surface area contributed by atoms with Crippen LogP contribution in [-0.4, -0.2) is 24.5 Å². The van der Waals surface area contributed by atoms with Crippen LogP contribution in [0.5, 0.6) is 0 Å². The predicted octanol–water partition coefficient (Wildman–Crippen LogP) is 3.82. The number of likely N-dealkylation sites (tertiary alicyclic amines) is 1. The highest BCUT2D eigenvalue weighted by molar-refractivity contribution is 5.83. The van der Waals surface area contributed by atoms with Crippen molar-refractivity contribution in [3.63, 3.8) is 0 Å². The molecule has 1 aliphatic rings. The van der Waals surface area contributed by atoms with Crippen molar-refractivity contribution in [2.75, 3.05) is 19.6 Å². The van der Waals surface area contributed by atoms with Gasteiger partial charge in [-0.15, -0.1) is 0 Å². The van der Waals surface area contributed by atoms with E-state index in [9.17, 15) is 0 Å². The fourth-order valence-corrected chi connectivity index (χ4v) is 3.34. The molecule has 0 amide bonds. The Hall–Kier alpha value is -1.38. The summed E-state index contributed by atoms with van der Waals surface area (Å²) in [6.45, 7) is 8.06. The highest BCUT2D eigenvalue weighted by Crippen LogP contribution is 2.25. The van der Waals surface area contributed by atoms with Crippen LogP contribution in [0.15, 0.2) is 42.5 Å². The molecule has 1 saturated heterocycles. The highest BCUT2D eigenvalue weighted by atomic mass is 15.1. The first-order valence-electron chi connectivity index (χ1n) is 8.10. The Morgan fingerprint density at radius 2 is 1.86 bits per heavy atom. The van der Waals surface area contributed by atoms with Crippen molar-refractivity contribution >= 4 is 10.8 Å². The van der Waals surface area contributed by atoms with Crippen molar-refractivity contribution in [3.05, 3.63) is 48.0 Å². The first-order valence-corrected chi connectivity index (χ1v) is 8.10. The van der Waals surface area contributed by atoms with Gasteiger partial charge < -0.3 is 10.6 Å². The molecule has 112 valence electrons. The fourth-order valence-electron chi connectivity index (χ4n) is 3.34. The summed E-state index contributed by atoms with van der Waals surface area (Å²) in [7, 11) is 0. The average Bonchev–Trinajstić information content (AvgIpc) is 2.50. The van der Waals surface area contributed by atoms with Gasteiger partial charge in [0.2, 0.25) is 0 Å². The van der Waals surface area contributed by atoms with Gasteiger partial charge in [0.25, 0.3) is 0 Å². The van der Waals surface area contributed by atoms with Gasteiger partial charge in [-0.1, -0.05) is 50.2 Å². The summed E-state index contributed by atoms with van der Waals surface area (Å²) >= 11 is 0. The lowest BCUT2D eigenvalue weighted by Crippen LogP contribution is -2.41. The Kier molecular flexibility index (Phi) is 4.27. The second kappa shape index (κ2) is 6.17. The van der Waals surface area contributed by atoms with E-state index in [1.807, 2.05) is 0 Å². The molecule has 0 saturated carbocycles. The zero-order chi connectivity index (χ0) is 14.8. The van der Waals surface area contributed by atoms with Crippen LogP contribution >= 0.6 is 0 Å². The maximum Gasteiger partial charge on any atom is 0.0424 e. The van der Waals surface area contributed by atoms with Crippen LogP contribution < -0.4 is 5.73 Å². The van der Waals surface area contributed by atoms with E-state index in [1.54, 1.807) is 0 Å². The SMILES string of the molecule is CC1CCN(CC(N)c2ccc3ccccc3c2)CC1C. The van der Waals surface area contributed by atoms with E-state index in [0.29, 0.717) is 0 Å². The van der Waals surface area contributed by atoms with Gasteiger partial charge in [0.1, 0.15) is 0 Å². The minimum Gasteiger partial charge on any atom is -0.323 e. The van der Waals surface area contributed by atoms with Crippen molar-refractivity contribution in [1.29, 1.82) is 0 Å². The molecule has 1 heterocycles. The molecule has 1 fully saturated rings. The van der Waals surface area contributed by atoms with Crippen LogP contribution in [0.3, 0.4) is 0 Å². The zero-order valence-electron chi connectivity index (χ0n) is 13.1. The predicted molar refractivity (Wildman–Crippen MR) is 90.3 cm³/mol. The number of hydrogen-bond donors (Lipinski definition) is 1. The molecule has 2 heteroatoms. The van der Waals surface area contributed by atoms with E-state index < -0.39 is 0 Å². The largest absolute Gasteiger partial charge is 0.323 e. The number of nitrogens with two attached hydrogens (primary N) is 1. The van der Waals surface area contributed by atoms with Crippen LogP contribution in [0.25, 0.3) is 10.8 Å². The summed E-state index contributed by atoms with van der Waals surface area (Å²) in [6.07, 6.45) is 1.30. The molecule has 2 aromatic carbocycles. The third kappa shape index (κ3) is 3.28. The average molecular weight is 282 g/mol. The maximum atomic E-state index is 6.46. The molecule has 0 aliphatic carbocycles. The van der Waals surface area contributed by atoms with Crippen molar-refractivity contribution < 1.29 is 0 Å². The van der Waals surface area contributed by atoms with Gasteiger partial charge in [-0.25, -0.2) is 0 Å². The molecule has 3 rings (SSSR count). The van der Waals surface area contributed by atoms with Crippen LogP contribution in [0.4, 0.5) is 0 Å². The topological polar surface area (TPSA) is 29.3 Å². The minimum atomic E-state index is 0.107. The third-order valence-corrected chi connectivity index (χ3v) is 5.07. The zero-order valence-corrected chi connectivity index (χ0v) is 13.1. The quantitative estimate of drug-likeness (QED) is 0.927. The molecular formula is C19H26N2. The highest BCUT2D eigenvalue weighted by Gasteiger charge is 2.23. The van der Waals surface area contributed by atoms with Crippen molar-refractivity contribution in [3.8, 4) is 0 Å². The minimum absolute atomic E-state index is 0.107. The number of piperidine rings is 1. The second-order valence-corrected chi connectivity index (χ2v) is 6.72. The Labute approximate surface area is 127 Å². The number of benzene rings is 2. The molecule has 0 bridgehead atoms. The monoisotopic (exact) mass is 282 g/mol. The molecule has 0 radical (unpaired) electrons. The number of fused-ring (bicyclic) bond motifs is 1. The number of rotatable bonds is 3. The second-order valence-electron chi connectivity index (χ2n) is 6.72. The summed E-state index contributed by atoms with van der Waals surface area (Å²) in [6, 6.07) is 15.2. The van der Waals surface area contributed by atoms with Gasteiger partial charge in [0.05, 0.1) is 0 Å². The fraction of sp³-hybridized carbons (Fsp3) is 0.474. The lowest BCUT2D eigenvalue weighted by Gasteiger charge is -2.36. The third-order valence-electron chi connectivity index (χ3n) is 5.07. The Morgan fingerprint density at radius 3 is 2.62 bits per heavy atom.